The van der Waals surface area contributed by atoms with E-state index in [-0.39, 0.29) is 11.8 Å². The number of amides is 2. The molecule has 4 N–H and O–H groups in total. The van der Waals surface area contributed by atoms with Crippen molar-refractivity contribution in [2.24, 2.45) is 5.73 Å². The molecule has 0 bridgehead atoms. The first-order valence-corrected chi connectivity index (χ1v) is 6.92. The Hall–Kier alpha value is -1.88. The molecule has 0 heterocycles. The second-order valence-electron chi connectivity index (χ2n) is 4.78. The summed E-state index contributed by atoms with van der Waals surface area (Å²) >= 11 is 0. The number of carbonyl (C=O) groups excluding carboxylic acids is 2. The van der Waals surface area contributed by atoms with Gasteiger partial charge in [0, 0.05) is 12.7 Å². The molecule has 1 atom stereocenters. The minimum Gasteiger partial charge on any atom is -0.359 e. The monoisotopic (exact) mass is 277 g/mol. The molecular weight excluding hydrogens is 254 g/mol. The van der Waals surface area contributed by atoms with Gasteiger partial charge in [-0.05, 0) is 24.1 Å². The van der Waals surface area contributed by atoms with Crippen LogP contribution in [-0.4, -0.2) is 24.9 Å². The molecule has 110 valence electrons. The van der Waals surface area contributed by atoms with Gasteiger partial charge < -0.3 is 16.4 Å². The first kappa shape index (κ1) is 16.2. The lowest BCUT2D eigenvalue weighted by molar-refractivity contribution is -0.120. The molecule has 0 aliphatic rings. The fraction of sp³-hybridized carbons (Fsp3) is 0.467. The third-order valence-corrected chi connectivity index (χ3v) is 3.07. The Labute approximate surface area is 119 Å². The summed E-state index contributed by atoms with van der Waals surface area (Å²) in [5.41, 5.74) is 7.40. The summed E-state index contributed by atoms with van der Waals surface area (Å²) in [5, 5.41) is 5.35. The number of rotatable bonds is 7. The van der Waals surface area contributed by atoms with Gasteiger partial charge in [0.15, 0.2) is 0 Å². The molecule has 0 aliphatic carbocycles. The third kappa shape index (κ3) is 5.40. The van der Waals surface area contributed by atoms with Crippen molar-refractivity contribution in [1.29, 1.82) is 0 Å². The van der Waals surface area contributed by atoms with E-state index in [1.807, 2.05) is 12.1 Å². The lowest BCUT2D eigenvalue weighted by atomic mass is 10.1. The van der Waals surface area contributed by atoms with E-state index in [2.05, 4.69) is 17.6 Å². The van der Waals surface area contributed by atoms with Crippen LogP contribution in [0.2, 0.25) is 0 Å². The smallest absolute Gasteiger partial charge is 0.241 e. The highest BCUT2D eigenvalue weighted by Crippen LogP contribution is 2.11. The van der Waals surface area contributed by atoms with Gasteiger partial charge >= 0.3 is 0 Å². The van der Waals surface area contributed by atoms with E-state index >= 15 is 0 Å². The highest BCUT2D eigenvalue weighted by molar-refractivity contribution is 5.94. The molecule has 0 aromatic heterocycles. The van der Waals surface area contributed by atoms with Crippen LogP contribution in [0.4, 0.5) is 5.69 Å². The summed E-state index contributed by atoms with van der Waals surface area (Å²) in [7, 11) is 1.61. The second kappa shape index (κ2) is 8.32. The average Bonchev–Trinajstić information content (AvgIpc) is 2.46. The van der Waals surface area contributed by atoms with E-state index in [0.717, 1.165) is 18.4 Å². The van der Waals surface area contributed by atoms with Crippen LogP contribution in [-0.2, 0) is 16.0 Å². The van der Waals surface area contributed by atoms with Crippen molar-refractivity contribution in [2.75, 3.05) is 12.4 Å². The van der Waals surface area contributed by atoms with Gasteiger partial charge in [-0.2, -0.15) is 0 Å². The predicted octanol–water partition coefficient (Wildman–Crippen LogP) is 1.43. The summed E-state index contributed by atoms with van der Waals surface area (Å²) in [6.07, 6.45) is 2.99. The van der Waals surface area contributed by atoms with Crippen LogP contribution in [0.3, 0.4) is 0 Å². The van der Waals surface area contributed by atoms with Gasteiger partial charge in [0.05, 0.1) is 12.5 Å². The van der Waals surface area contributed by atoms with Crippen molar-refractivity contribution in [2.45, 2.75) is 38.6 Å². The number of nitrogens with one attached hydrogen (secondary N) is 2. The third-order valence-electron chi connectivity index (χ3n) is 3.07. The highest BCUT2D eigenvalue weighted by atomic mass is 16.2. The van der Waals surface area contributed by atoms with E-state index in [9.17, 15) is 9.59 Å². The Morgan fingerprint density at radius 3 is 2.45 bits per heavy atom. The fourth-order valence-electron chi connectivity index (χ4n) is 1.77. The minimum atomic E-state index is -0.472. The first-order valence-electron chi connectivity index (χ1n) is 6.92. The lowest BCUT2D eigenvalue weighted by Gasteiger charge is -2.12. The van der Waals surface area contributed by atoms with Crippen molar-refractivity contribution in [3.05, 3.63) is 29.8 Å². The lowest BCUT2D eigenvalue weighted by Crippen LogP contribution is -2.35. The summed E-state index contributed by atoms with van der Waals surface area (Å²) in [5.74, 6) is -0.208. The standard InChI is InChI=1S/C15H23N3O2/c1-3-4-5-13(16)15(20)18-12-8-6-11(7-9-12)10-14(19)17-2/h6-9,13H,3-5,10,16H2,1-2H3,(H,17,19)(H,18,20). The highest BCUT2D eigenvalue weighted by Gasteiger charge is 2.12. The minimum absolute atomic E-state index is 0.0385. The molecule has 1 rings (SSSR count). The molecule has 1 aromatic carbocycles. The summed E-state index contributed by atoms with van der Waals surface area (Å²) in [4.78, 5) is 23.1. The van der Waals surface area contributed by atoms with E-state index in [4.69, 9.17) is 5.73 Å². The molecule has 1 unspecified atom stereocenters. The zero-order valence-electron chi connectivity index (χ0n) is 12.1. The number of likely N-dealkylation sites (N-methyl/N-ethyl adjacent to an activating group) is 1. The average molecular weight is 277 g/mol. The van der Waals surface area contributed by atoms with Gasteiger partial charge in [0.25, 0.3) is 0 Å². The van der Waals surface area contributed by atoms with Crippen LogP contribution in [0.25, 0.3) is 0 Å². The molecule has 2 amide bonds. The number of unbranched alkanes of at least 4 members (excludes halogenated alkanes) is 1. The van der Waals surface area contributed by atoms with E-state index in [1.165, 1.54) is 0 Å². The Morgan fingerprint density at radius 1 is 1.25 bits per heavy atom. The van der Waals surface area contributed by atoms with Crippen LogP contribution >= 0.6 is 0 Å². The number of hydrogen-bond acceptors (Lipinski definition) is 3. The van der Waals surface area contributed by atoms with Crippen LogP contribution < -0.4 is 16.4 Å². The molecule has 0 radical (unpaired) electrons. The fourth-order valence-corrected chi connectivity index (χ4v) is 1.77. The van der Waals surface area contributed by atoms with Gasteiger partial charge in [-0.25, -0.2) is 0 Å². The normalized spacial score (nSPS) is 11.8. The molecule has 0 aliphatic heterocycles. The SMILES string of the molecule is CCCCC(N)C(=O)Nc1ccc(CC(=O)NC)cc1. The topological polar surface area (TPSA) is 84.2 Å². The predicted molar refractivity (Wildman–Crippen MR) is 80.3 cm³/mol. The number of carbonyl (C=O) groups is 2. The first-order chi connectivity index (χ1) is 9.56. The van der Waals surface area contributed by atoms with Crippen LogP contribution in [0.15, 0.2) is 24.3 Å². The number of hydrogen-bond donors (Lipinski definition) is 3. The number of anilines is 1. The molecule has 1 aromatic rings. The maximum absolute atomic E-state index is 11.8. The number of nitrogens with two attached hydrogens (primary N) is 1. The second-order valence-corrected chi connectivity index (χ2v) is 4.78. The quantitative estimate of drug-likeness (QED) is 0.705. The summed E-state index contributed by atoms with van der Waals surface area (Å²) in [6, 6.07) is 6.73. The van der Waals surface area contributed by atoms with Crippen molar-refractivity contribution >= 4 is 17.5 Å². The van der Waals surface area contributed by atoms with Gasteiger partial charge in [-0.1, -0.05) is 31.9 Å². The Kier molecular flexibility index (Phi) is 6.73. The van der Waals surface area contributed by atoms with Crippen molar-refractivity contribution in [1.82, 2.24) is 5.32 Å². The van der Waals surface area contributed by atoms with Gasteiger partial charge in [0.1, 0.15) is 0 Å². The summed E-state index contributed by atoms with van der Waals surface area (Å²) in [6.45, 7) is 2.07. The van der Waals surface area contributed by atoms with Gasteiger partial charge in [-0.3, -0.25) is 9.59 Å². The Bertz CT molecular complexity index is 443. The van der Waals surface area contributed by atoms with Crippen LogP contribution in [0, 0.1) is 0 Å². The molecular formula is C15H23N3O2. The van der Waals surface area contributed by atoms with E-state index in [1.54, 1.807) is 19.2 Å². The zero-order chi connectivity index (χ0) is 15.0. The van der Waals surface area contributed by atoms with Gasteiger partial charge in [-0.15, -0.1) is 0 Å². The van der Waals surface area contributed by atoms with Crippen molar-refractivity contribution in [3.8, 4) is 0 Å². The maximum atomic E-state index is 11.8. The molecule has 20 heavy (non-hydrogen) atoms. The Balaban J connectivity index is 2.52. The van der Waals surface area contributed by atoms with Crippen LogP contribution in [0.5, 0.6) is 0 Å². The van der Waals surface area contributed by atoms with Gasteiger partial charge in [0.2, 0.25) is 11.8 Å². The summed E-state index contributed by atoms with van der Waals surface area (Å²) < 4.78 is 0. The molecule has 0 saturated carbocycles. The zero-order valence-corrected chi connectivity index (χ0v) is 12.1. The Morgan fingerprint density at radius 2 is 1.90 bits per heavy atom. The van der Waals surface area contributed by atoms with E-state index in [0.29, 0.717) is 18.5 Å². The molecule has 0 spiro atoms. The molecule has 0 fully saturated rings. The van der Waals surface area contributed by atoms with E-state index < -0.39 is 6.04 Å². The number of benzene rings is 1. The maximum Gasteiger partial charge on any atom is 0.241 e. The molecule has 0 saturated heterocycles. The molecule has 5 nitrogen and oxygen atoms in total. The van der Waals surface area contributed by atoms with Crippen LogP contribution in [0.1, 0.15) is 31.7 Å². The van der Waals surface area contributed by atoms with Crippen molar-refractivity contribution < 1.29 is 9.59 Å². The largest absolute Gasteiger partial charge is 0.359 e. The van der Waals surface area contributed by atoms with Crippen molar-refractivity contribution in [3.63, 3.8) is 0 Å². The molecule has 5 heteroatoms.